The van der Waals surface area contributed by atoms with Crippen LogP contribution < -0.4 is 0 Å². The van der Waals surface area contributed by atoms with Gasteiger partial charge in [0.25, 0.3) is 5.91 Å². The Hall–Kier alpha value is -2.15. The van der Waals surface area contributed by atoms with Crippen molar-refractivity contribution in [3.8, 4) is 0 Å². The van der Waals surface area contributed by atoms with Crippen molar-refractivity contribution < 1.29 is 9.32 Å². The molecule has 0 saturated carbocycles. The molecule has 2 aromatic rings. The second-order valence-electron chi connectivity index (χ2n) is 6.70. The number of nitrogens with zero attached hydrogens (tertiary/aromatic N) is 5. The predicted molar refractivity (Wildman–Crippen MR) is 87.3 cm³/mol. The van der Waals surface area contributed by atoms with E-state index in [1.807, 2.05) is 4.90 Å². The van der Waals surface area contributed by atoms with Crippen LogP contribution in [0, 0.1) is 6.92 Å². The number of amides is 1. The zero-order valence-electron chi connectivity index (χ0n) is 14.1. The molecule has 0 N–H and O–H groups in total. The minimum absolute atomic E-state index is 0.0272. The fraction of sp³-hybridized carbons (Fsp3) is 0.588. The Morgan fingerprint density at radius 1 is 1.21 bits per heavy atom. The van der Waals surface area contributed by atoms with Crippen LogP contribution >= 0.6 is 0 Å². The minimum Gasteiger partial charge on any atom is -0.361 e. The molecule has 0 aliphatic carbocycles. The smallest absolute Gasteiger partial charge is 0.259 e. The molecule has 7 heteroatoms. The van der Waals surface area contributed by atoms with Gasteiger partial charge in [-0.15, -0.1) is 0 Å². The van der Waals surface area contributed by atoms with Gasteiger partial charge in [-0.1, -0.05) is 11.6 Å². The highest BCUT2D eigenvalue weighted by atomic mass is 16.5. The van der Waals surface area contributed by atoms with Crippen LogP contribution in [0.2, 0.25) is 0 Å². The van der Waals surface area contributed by atoms with Gasteiger partial charge in [-0.25, -0.2) is 4.98 Å². The van der Waals surface area contributed by atoms with Gasteiger partial charge < -0.3 is 14.0 Å². The molecule has 2 aliphatic heterocycles. The molecule has 1 amide bonds. The third-order valence-corrected chi connectivity index (χ3v) is 4.95. The number of carbonyl (C=O) groups is 1. The topological polar surface area (TPSA) is 67.4 Å². The Balaban J connectivity index is 1.45. The summed E-state index contributed by atoms with van der Waals surface area (Å²) in [7, 11) is 0. The van der Waals surface area contributed by atoms with Gasteiger partial charge in [0, 0.05) is 25.8 Å². The molecular weight excluding hydrogens is 306 g/mol. The highest BCUT2D eigenvalue weighted by molar-refractivity contribution is 5.94. The molecule has 0 aromatic carbocycles. The summed E-state index contributed by atoms with van der Waals surface area (Å²) in [5, 5.41) is 3.70. The maximum Gasteiger partial charge on any atom is 0.259 e. The Kier molecular flexibility index (Phi) is 4.10. The average Bonchev–Trinajstić information content (AvgIpc) is 3.19. The van der Waals surface area contributed by atoms with E-state index in [0.717, 1.165) is 24.6 Å². The van der Waals surface area contributed by atoms with Gasteiger partial charge >= 0.3 is 0 Å². The van der Waals surface area contributed by atoms with Crippen molar-refractivity contribution in [2.75, 3.05) is 19.6 Å². The zero-order chi connectivity index (χ0) is 16.5. The second kappa shape index (κ2) is 6.39. The van der Waals surface area contributed by atoms with E-state index in [-0.39, 0.29) is 5.91 Å². The van der Waals surface area contributed by atoms with Crippen molar-refractivity contribution in [1.82, 2.24) is 24.5 Å². The predicted octanol–water partition coefficient (Wildman–Crippen LogP) is 1.82. The number of fused-ring (bicyclic) bond motifs is 1. The molecule has 0 unspecified atom stereocenters. The van der Waals surface area contributed by atoms with Crippen molar-refractivity contribution in [2.24, 2.45) is 0 Å². The van der Waals surface area contributed by atoms with E-state index in [0.29, 0.717) is 24.4 Å². The first-order valence-corrected chi connectivity index (χ1v) is 8.68. The van der Waals surface area contributed by atoms with Crippen molar-refractivity contribution in [3.63, 3.8) is 0 Å². The number of hydrogen-bond donors (Lipinski definition) is 0. The summed E-state index contributed by atoms with van der Waals surface area (Å²) in [6.45, 7) is 7.04. The van der Waals surface area contributed by atoms with Crippen molar-refractivity contribution >= 4 is 5.91 Å². The van der Waals surface area contributed by atoms with Gasteiger partial charge in [-0.05, 0) is 32.9 Å². The molecule has 24 heavy (non-hydrogen) atoms. The van der Waals surface area contributed by atoms with Crippen LogP contribution in [0.5, 0.6) is 0 Å². The second-order valence-corrected chi connectivity index (χ2v) is 6.70. The van der Waals surface area contributed by atoms with Gasteiger partial charge in [0.2, 0.25) is 0 Å². The zero-order valence-corrected chi connectivity index (χ0v) is 14.1. The Morgan fingerprint density at radius 3 is 2.79 bits per heavy atom. The molecule has 0 radical (unpaired) electrons. The molecule has 128 valence electrons. The largest absolute Gasteiger partial charge is 0.361 e. The van der Waals surface area contributed by atoms with Crippen molar-refractivity contribution in [3.05, 3.63) is 35.2 Å². The molecule has 7 nitrogen and oxygen atoms in total. The van der Waals surface area contributed by atoms with Crippen LogP contribution in [0.3, 0.4) is 0 Å². The lowest BCUT2D eigenvalue weighted by molar-refractivity contribution is 0.0705. The van der Waals surface area contributed by atoms with E-state index in [4.69, 9.17) is 9.51 Å². The van der Waals surface area contributed by atoms with E-state index < -0.39 is 0 Å². The quantitative estimate of drug-likeness (QED) is 0.859. The Bertz CT molecular complexity index is 729. The SMILES string of the molecule is Cc1oncc1C(=O)N1CCn2cc(CN3CCCCC3)nc2C1. The number of aromatic nitrogens is 3. The van der Waals surface area contributed by atoms with E-state index in [1.165, 1.54) is 38.5 Å². The molecule has 2 aliphatic rings. The summed E-state index contributed by atoms with van der Waals surface area (Å²) in [6, 6.07) is 0. The highest BCUT2D eigenvalue weighted by Crippen LogP contribution is 2.19. The van der Waals surface area contributed by atoms with Crippen LogP contribution in [0.4, 0.5) is 0 Å². The highest BCUT2D eigenvalue weighted by Gasteiger charge is 2.26. The molecule has 4 heterocycles. The van der Waals surface area contributed by atoms with E-state index in [1.54, 1.807) is 6.92 Å². The lowest BCUT2D eigenvalue weighted by Gasteiger charge is -2.27. The van der Waals surface area contributed by atoms with Crippen molar-refractivity contribution in [2.45, 2.75) is 45.8 Å². The van der Waals surface area contributed by atoms with Gasteiger partial charge in [0.15, 0.2) is 0 Å². The number of rotatable bonds is 3. The van der Waals surface area contributed by atoms with Gasteiger partial charge in [0.1, 0.15) is 17.1 Å². The molecule has 1 saturated heterocycles. The number of carbonyl (C=O) groups excluding carboxylic acids is 1. The van der Waals surface area contributed by atoms with Gasteiger partial charge in [-0.2, -0.15) is 0 Å². The summed E-state index contributed by atoms with van der Waals surface area (Å²) in [5.41, 5.74) is 1.66. The van der Waals surface area contributed by atoms with Gasteiger partial charge in [-0.3, -0.25) is 9.69 Å². The van der Waals surface area contributed by atoms with E-state index in [2.05, 4.69) is 20.8 Å². The third-order valence-electron chi connectivity index (χ3n) is 4.95. The Labute approximate surface area is 141 Å². The number of hydrogen-bond acceptors (Lipinski definition) is 5. The van der Waals surface area contributed by atoms with E-state index >= 15 is 0 Å². The molecule has 0 atom stereocenters. The van der Waals surface area contributed by atoms with Crippen LogP contribution in [0.25, 0.3) is 0 Å². The standard InChI is InChI=1S/C17H23N5O2/c1-13-15(9-18-24-13)17(23)22-8-7-21-11-14(19-16(21)12-22)10-20-5-3-2-4-6-20/h9,11H,2-8,10,12H2,1H3. The van der Waals surface area contributed by atoms with Crippen LogP contribution in [-0.2, 0) is 19.6 Å². The summed E-state index contributed by atoms with van der Waals surface area (Å²) in [6.07, 6.45) is 7.56. The van der Waals surface area contributed by atoms with Crippen LogP contribution in [0.15, 0.2) is 16.9 Å². The third kappa shape index (κ3) is 2.96. The molecule has 0 spiro atoms. The summed E-state index contributed by atoms with van der Waals surface area (Å²) in [5.74, 6) is 1.51. The number of imidazole rings is 1. The lowest BCUT2D eigenvalue weighted by Crippen LogP contribution is -2.38. The number of piperidine rings is 1. The van der Waals surface area contributed by atoms with Crippen LogP contribution in [-0.4, -0.2) is 50.0 Å². The van der Waals surface area contributed by atoms with Crippen molar-refractivity contribution in [1.29, 1.82) is 0 Å². The normalized spacial score (nSPS) is 18.6. The maximum absolute atomic E-state index is 12.6. The molecule has 1 fully saturated rings. The first-order valence-electron chi connectivity index (χ1n) is 8.68. The fourth-order valence-electron chi connectivity index (χ4n) is 3.58. The number of aryl methyl sites for hydroxylation is 1. The number of likely N-dealkylation sites (tertiary alicyclic amines) is 1. The Morgan fingerprint density at radius 2 is 2.04 bits per heavy atom. The van der Waals surface area contributed by atoms with Gasteiger partial charge in [0.05, 0.1) is 18.4 Å². The summed E-state index contributed by atoms with van der Waals surface area (Å²) in [4.78, 5) is 21.7. The van der Waals surface area contributed by atoms with Crippen LogP contribution in [0.1, 0.15) is 46.9 Å². The first kappa shape index (κ1) is 15.4. The molecule has 2 aromatic heterocycles. The maximum atomic E-state index is 12.6. The molecule has 4 rings (SSSR count). The molecule has 0 bridgehead atoms. The monoisotopic (exact) mass is 329 g/mol. The lowest BCUT2D eigenvalue weighted by atomic mass is 10.1. The first-order chi connectivity index (χ1) is 11.7. The fourth-order valence-corrected chi connectivity index (χ4v) is 3.58. The minimum atomic E-state index is -0.0272. The average molecular weight is 329 g/mol. The van der Waals surface area contributed by atoms with E-state index in [9.17, 15) is 4.79 Å². The summed E-state index contributed by atoms with van der Waals surface area (Å²) < 4.78 is 7.19. The summed E-state index contributed by atoms with van der Waals surface area (Å²) >= 11 is 0. The molecular formula is C17H23N5O2.